The van der Waals surface area contributed by atoms with Gasteiger partial charge in [-0.05, 0) is 37.6 Å². The molecule has 1 N–H and O–H groups in total. The largest absolute Gasteiger partial charge is 0.497 e. The molecule has 0 bridgehead atoms. The number of ether oxygens (including phenoxy) is 1. The van der Waals surface area contributed by atoms with E-state index < -0.39 is 0 Å². The number of hydrogen-bond acceptors (Lipinski definition) is 3. The van der Waals surface area contributed by atoms with Crippen LogP contribution in [0.4, 0.5) is 0 Å². The highest BCUT2D eigenvalue weighted by Gasteiger charge is 2.29. The summed E-state index contributed by atoms with van der Waals surface area (Å²) in [7, 11) is 3.51. The van der Waals surface area contributed by atoms with Crippen molar-refractivity contribution in [1.29, 1.82) is 0 Å². The molecule has 1 aliphatic rings. The Balaban J connectivity index is 1.86. The second-order valence-electron chi connectivity index (χ2n) is 4.55. The van der Waals surface area contributed by atoms with Crippen molar-refractivity contribution < 1.29 is 9.53 Å². The van der Waals surface area contributed by atoms with Crippen molar-refractivity contribution in [3.63, 3.8) is 0 Å². The molecule has 0 saturated carbocycles. The maximum absolute atomic E-state index is 11.9. The van der Waals surface area contributed by atoms with Gasteiger partial charge in [0.25, 0.3) is 0 Å². The summed E-state index contributed by atoms with van der Waals surface area (Å²) in [5.41, 5.74) is 1.23. The average Bonchev–Trinajstić information content (AvgIpc) is 2.77. The van der Waals surface area contributed by atoms with Crippen molar-refractivity contribution >= 4 is 5.91 Å². The summed E-state index contributed by atoms with van der Waals surface area (Å²) in [5, 5.41) is 3.05. The quantitative estimate of drug-likeness (QED) is 0.847. The molecule has 0 aliphatic carbocycles. The minimum atomic E-state index is 0.0147. The van der Waals surface area contributed by atoms with Gasteiger partial charge in [-0.2, -0.15) is 0 Å². The van der Waals surface area contributed by atoms with Crippen molar-refractivity contribution in [2.24, 2.45) is 0 Å². The summed E-state index contributed by atoms with van der Waals surface area (Å²) in [4.78, 5) is 13.8. The standard InChI is InChI=1S/C14H20N2O2/c1-15-13-8-10-16(14(13)17)9-7-11-3-5-12(18-2)6-4-11/h3-6,13,15H,7-10H2,1-2H3. The van der Waals surface area contributed by atoms with Gasteiger partial charge in [-0.15, -0.1) is 0 Å². The number of likely N-dealkylation sites (N-methyl/N-ethyl adjacent to an activating group) is 1. The fourth-order valence-corrected chi connectivity index (χ4v) is 2.29. The van der Waals surface area contributed by atoms with Crippen molar-refractivity contribution in [1.82, 2.24) is 10.2 Å². The van der Waals surface area contributed by atoms with Gasteiger partial charge in [0.15, 0.2) is 0 Å². The van der Waals surface area contributed by atoms with E-state index in [0.717, 1.165) is 31.7 Å². The minimum Gasteiger partial charge on any atom is -0.497 e. The third-order valence-electron chi connectivity index (χ3n) is 3.48. The molecule has 1 unspecified atom stereocenters. The molecule has 4 nitrogen and oxygen atoms in total. The Morgan fingerprint density at radius 3 is 2.67 bits per heavy atom. The zero-order chi connectivity index (χ0) is 13.0. The third-order valence-corrected chi connectivity index (χ3v) is 3.48. The van der Waals surface area contributed by atoms with Crippen LogP contribution >= 0.6 is 0 Å². The maximum Gasteiger partial charge on any atom is 0.239 e. The van der Waals surface area contributed by atoms with E-state index in [1.807, 2.05) is 24.1 Å². The number of likely N-dealkylation sites (tertiary alicyclic amines) is 1. The van der Waals surface area contributed by atoms with Gasteiger partial charge >= 0.3 is 0 Å². The lowest BCUT2D eigenvalue weighted by atomic mass is 10.1. The molecule has 1 aromatic rings. The molecule has 1 aromatic carbocycles. The van der Waals surface area contributed by atoms with Crippen LogP contribution in [0.25, 0.3) is 0 Å². The Morgan fingerprint density at radius 2 is 2.11 bits per heavy atom. The summed E-state index contributed by atoms with van der Waals surface area (Å²) in [6, 6.07) is 8.03. The highest BCUT2D eigenvalue weighted by atomic mass is 16.5. The topological polar surface area (TPSA) is 41.6 Å². The van der Waals surface area contributed by atoms with Gasteiger partial charge < -0.3 is 15.0 Å². The number of amides is 1. The highest BCUT2D eigenvalue weighted by molar-refractivity contribution is 5.83. The average molecular weight is 248 g/mol. The molecule has 0 spiro atoms. The minimum absolute atomic E-state index is 0.0147. The maximum atomic E-state index is 11.9. The molecule has 1 atom stereocenters. The monoisotopic (exact) mass is 248 g/mol. The van der Waals surface area contributed by atoms with Crippen LogP contribution in [-0.2, 0) is 11.2 Å². The molecule has 1 heterocycles. The number of nitrogens with zero attached hydrogens (tertiary/aromatic N) is 1. The van der Waals surface area contributed by atoms with Gasteiger partial charge in [0.2, 0.25) is 5.91 Å². The van der Waals surface area contributed by atoms with Gasteiger partial charge in [0.05, 0.1) is 13.2 Å². The van der Waals surface area contributed by atoms with Crippen molar-refractivity contribution in [2.75, 3.05) is 27.2 Å². The second-order valence-corrected chi connectivity index (χ2v) is 4.55. The first-order valence-corrected chi connectivity index (χ1v) is 6.33. The van der Waals surface area contributed by atoms with E-state index in [1.54, 1.807) is 7.11 Å². The van der Waals surface area contributed by atoms with Crippen LogP contribution in [0, 0.1) is 0 Å². The van der Waals surface area contributed by atoms with E-state index in [1.165, 1.54) is 5.56 Å². The van der Waals surface area contributed by atoms with Gasteiger partial charge in [0, 0.05) is 13.1 Å². The van der Waals surface area contributed by atoms with Crippen molar-refractivity contribution in [2.45, 2.75) is 18.9 Å². The SMILES string of the molecule is CNC1CCN(CCc2ccc(OC)cc2)C1=O. The Labute approximate surface area is 108 Å². The van der Waals surface area contributed by atoms with Crippen LogP contribution in [0.15, 0.2) is 24.3 Å². The molecule has 4 heteroatoms. The van der Waals surface area contributed by atoms with Crippen LogP contribution < -0.4 is 10.1 Å². The normalized spacial score (nSPS) is 19.3. The van der Waals surface area contributed by atoms with E-state index in [9.17, 15) is 4.79 Å². The Bertz CT molecular complexity index is 403. The lowest BCUT2D eigenvalue weighted by Gasteiger charge is -2.16. The van der Waals surface area contributed by atoms with Crippen molar-refractivity contribution in [3.8, 4) is 5.75 Å². The Kier molecular flexibility index (Phi) is 4.20. The van der Waals surface area contributed by atoms with E-state index in [0.29, 0.717) is 0 Å². The number of nitrogens with one attached hydrogen (secondary N) is 1. The molecule has 0 radical (unpaired) electrons. The van der Waals surface area contributed by atoms with Crippen LogP contribution in [0.1, 0.15) is 12.0 Å². The molecule has 2 rings (SSSR count). The number of hydrogen-bond donors (Lipinski definition) is 1. The number of carbonyl (C=O) groups excluding carboxylic acids is 1. The lowest BCUT2D eigenvalue weighted by molar-refractivity contribution is -0.129. The van der Waals surface area contributed by atoms with Crippen LogP contribution in [0.2, 0.25) is 0 Å². The summed E-state index contributed by atoms with van der Waals surface area (Å²) in [5.74, 6) is 1.09. The molecule has 1 saturated heterocycles. The molecule has 18 heavy (non-hydrogen) atoms. The lowest BCUT2D eigenvalue weighted by Crippen LogP contribution is -2.37. The summed E-state index contributed by atoms with van der Waals surface area (Å²) < 4.78 is 5.12. The number of carbonyl (C=O) groups is 1. The molecule has 98 valence electrons. The molecular weight excluding hydrogens is 228 g/mol. The first-order valence-electron chi connectivity index (χ1n) is 6.33. The van der Waals surface area contributed by atoms with E-state index in [4.69, 9.17) is 4.74 Å². The van der Waals surface area contributed by atoms with Crippen LogP contribution in [-0.4, -0.2) is 44.1 Å². The highest BCUT2D eigenvalue weighted by Crippen LogP contribution is 2.14. The molecular formula is C14H20N2O2. The first kappa shape index (κ1) is 12.9. The summed E-state index contributed by atoms with van der Waals surface area (Å²) >= 11 is 0. The zero-order valence-electron chi connectivity index (χ0n) is 11.0. The van der Waals surface area contributed by atoms with Gasteiger partial charge in [-0.3, -0.25) is 4.79 Å². The third kappa shape index (κ3) is 2.82. The van der Waals surface area contributed by atoms with Gasteiger partial charge in [-0.1, -0.05) is 12.1 Å². The smallest absolute Gasteiger partial charge is 0.239 e. The predicted molar refractivity (Wildman–Crippen MR) is 70.7 cm³/mol. The molecule has 1 aliphatic heterocycles. The summed E-state index contributed by atoms with van der Waals surface area (Å²) in [6.45, 7) is 1.66. The number of benzene rings is 1. The van der Waals surface area contributed by atoms with Crippen molar-refractivity contribution in [3.05, 3.63) is 29.8 Å². The molecule has 1 fully saturated rings. The van der Waals surface area contributed by atoms with E-state index in [-0.39, 0.29) is 11.9 Å². The second kappa shape index (κ2) is 5.87. The van der Waals surface area contributed by atoms with Gasteiger partial charge in [0.1, 0.15) is 5.75 Å². The molecule has 1 amide bonds. The van der Waals surface area contributed by atoms with E-state index >= 15 is 0 Å². The number of rotatable bonds is 5. The first-order chi connectivity index (χ1) is 8.74. The van der Waals surface area contributed by atoms with Crippen LogP contribution in [0.5, 0.6) is 5.75 Å². The molecule has 0 aromatic heterocycles. The predicted octanol–water partition coefficient (Wildman–Crippen LogP) is 1.06. The number of methoxy groups -OCH3 is 1. The fraction of sp³-hybridized carbons (Fsp3) is 0.500. The summed E-state index contributed by atoms with van der Waals surface area (Å²) in [6.07, 6.45) is 1.81. The Morgan fingerprint density at radius 1 is 1.39 bits per heavy atom. The zero-order valence-corrected chi connectivity index (χ0v) is 11.0. The van der Waals surface area contributed by atoms with E-state index in [2.05, 4.69) is 17.4 Å². The van der Waals surface area contributed by atoms with Gasteiger partial charge in [-0.25, -0.2) is 0 Å². The Hall–Kier alpha value is -1.55. The fourth-order valence-electron chi connectivity index (χ4n) is 2.29. The van der Waals surface area contributed by atoms with Crippen LogP contribution in [0.3, 0.4) is 0 Å².